The van der Waals surface area contributed by atoms with Crippen LogP contribution in [0.3, 0.4) is 0 Å². The van der Waals surface area contributed by atoms with Crippen LogP contribution in [-0.2, 0) is 4.79 Å². The summed E-state index contributed by atoms with van der Waals surface area (Å²) in [4.78, 5) is 29.6. The van der Waals surface area contributed by atoms with E-state index in [1.807, 2.05) is 23.3 Å². The van der Waals surface area contributed by atoms with Gasteiger partial charge < -0.3 is 15.1 Å². The summed E-state index contributed by atoms with van der Waals surface area (Å²) in [6, 6.07) is 13.8. The van der Waals surface area contributed by atoms with E-state index < -0.39 is 0 Å². The second-order valence-electron chi connectivity index (χ2n) is 6.58. The van der Waals surface area contributed by atoms with Gasteiger partial charge in [0.15, 0.2) is 0 Å². The van der Waals surface area contributed by atoms with E-state index in [2.05, 4.69) is 10.2 Å². The Balaban J connectivity index is 1.40. The number of nitrogens with zero attached hydrogens (tertiary/aromatic N) is 2. The van der Waals surface area contributed by atoms with Crippen molar-refractivity contribution in [1.82, 2.24) is 10.2 Å². The highest BCUT2D eigenvalue weighted by molar-refractivity contribution is 7.98. The molecule has 28 heavy (non-hydrogen) atoms. The van der Waals surface area contributed by atoms with Gasteiger partial charge in [-0.1, -0.05) is 0 Å². The van der Waals surface area contributed by atoms with Crippen LogP contribution in [0.1, 0.15) is 16.8 Å². The molecule has 0 radical (unpaired) electrons. The van der Waals surface area contributed by atoms with Crippen LogP contribution < -0.4 is 10.2 Å². The third-order valence-electron chi connectivity index (χ3n) is 4.80. The minimum absolute atomic E-state index is 0.0387. The highest BCUT2D eigenvalue weighted by atomic mass is 32.2. The highest BCUT2D eigenvalue weighted by Gasteiger charge is 2.21. The van der Waals surface area contributed by atoms with Crippen molar-refractivity contribution in [2.45, 2.75) is 11.3 Å². The maximum Gasteiger partial charge on any atom is 0.251 e. The van der Waals surface area contributed by atoms with E-state index in [1.54, 1.807) is 36.0 Å². The molecule has 1 aliphatic rings. The second-order valence-corrected chi connectivity index (χ2v) is 7.46. The zero-order valence-electron chi connectivity index (χ0n) is 15.9. The molecule has 0 bridgehead atoms. The topological polar surface area (TPSA) is 52.7 Å². The first-order chi connectivity index (χ1) is 13.6. The molecule has 0 saturated carbocycles. The van der Waals surface area contributed by atoms with Crippen molar-refractivity contribution in [3.8, 4) is 0 Å². The summed E-state index contributed by atoms with van der Waals surface area (Å²) in [6.07, 6.45) is 2.27. The Morgan fingerprint density at radius 3 is 2.25 bits per heavy atom. The molecule has 1 saturated heterocycles. The van der Waals surface area contributed by atoms with Crippen molar-refractivity contribution in [2.24, 2.45) is 0 Å². The van der Waals surface area contributed by atoms with E-state index in [4.69, 9.17) is 0 Å². The lowest BCUT2D eigenvalue weighted by Crippen LogP contribution is -2.49. The van der Waals surface area contributed by atoms with Crippen molar-refractivity contribution >= 4 is 29.3 Å². The number of thioether (sulfide) groups is 1. The Labute approximate surface area is 168 Å². The monoisotopic (exact) mass is 401 g/mol. The van der Waals surface area contributed by atoms with Gasteiger partial charge in [-0.05, 0) is 54.8 Å². The largest absolute Gasteiger partial charge is 0.368 e. The van der Waals surface area contributed by atoms with Gasteiger partial charge in [-0.15, -0.1) is 11.8 Å². The Morgan fingerprint density at radius 2 is 1.64 bits per heavy atom. The van der Waals surface area contributed by atoms with Gasteiger partial charge in [0.05, 0.1) is 0 Å². The number of halogens is 1. The number of benzene rings is 2. The van der Waals surface area contributed by atoms with Crippen LogP contribution in [-0.4, -0.2) is 55.7 Å². The molecule has 2 aromatic carbocycles. The third-order valence-corrected chi connectivity index (χ3v) is 5.54. The molecule has 7 heteroatoms. The molecule has 3 rings (SSSR count). The quantitative estimate of drug-likeness (QED) is 0.756. The van der Waals surface area contributed by atoms with Gasteiger partial charge in [-0.2, -0.15) is 0 Å². The molecule has 0 aromatic heterocycles. The SMILES string of the molecule is CSc1ccc(C(=O)NCCC(=O)N2CCN(c3ccc(F)cc3)CC2)cc1. The number of hydrogen-bond donors (Lipinski definition) is 1. The third kappa shape index (κ3) is 5.25. The van der Waals surface area contributed by atoms with Gasteiger partial charge >= 0.3 is 0 Å². The van der Waals surface area contributed by atoms with E-state index in [0.717, 1.165) is 10.6 Å². The minimum Gasteiger partial charge on any atom is -0.368 e. The van der Waals surface area contributed by atoms with Crippen molar-refractivity contribution < 1.29 is 14.0 Å². The van der Waals surface area contributed by atoms with Crippen molar-refractivity contribution in [3.63, 3.8) is 0 Å². The summed E-state index contributed by atoms with van der Waals surface area (Å²) in [5.74, 6) is -0.377. The fourth-order valence-corrected chi connectivity index (χ4v) is 3.56. The maximum absolute atomic E-state index is 13.0. The molecule has 148 valence electrons. The first-order valence-corrected chi connectivity index (χ1v) is 10.5. The number of rotatable bonds is 6. The summed E-state index contributed by atoms with van der Waals surface area (Å²) >= 11 is 1.62. The van der Waals surface area contributed by atoms with Crippen molar-refractivity contribution in [2.75, 3.05) is 43.9 Å². The fraction of sp³-hybridized carbons (Fsp3) is 0.333. The lowest BCUT2D eigenvalue weighted by Gasteiger charge is -2.36. The normalized spacial score (nSPS) is 14.1. The molecule has 2 aromatic rings. The predicted octanol–water partition coefficient (Wildman–Crippen LogP) is 3.02. The number of piperazine rings is 1. The van der Waals surface area contributed by atoms with Gasteiger partial charge in [-0.3, -0.25) is 9.59 Å². The van der Waals surface area contributed by atoms with Crippen molar-refractivity contribution in [3.05, 3.63) is 59.9 Å². The standard InChI is InChI=1S/C21H24FN3O2S/c1-28-19-8-2-16(3-9-19)21(27)23-11-10-20(26)25-14-12-24(13-15-25)18-6-4-17(22)5-7-18/h2-9H,10-15H2,1H3,(H,23,27). The van der Waals surface area contributed by atoms with E-state index in [1.165, 1.54) is 12.1 Å². The Morgan fingerprint density at radius 1 is 1.00 bits per heavy atom. The molecule has 1 fully saturated rings. The number of nitrogens with one attached hydrogen (secondary N) is 1. The van der Waals surface area contributed by atoms with E-state index in [-0.39, 0.29) is 24.1 Å². The molecule has 1 N–H and O–H groups in total. The number of hydrogen-bond acceptors (Lipinski definition) is 4. The van der Waals surface area contributed by atoms with Crippen LogP contribution in [0, 0.1) is 5.82 Å². The van der Waals surface area contributed by atoms with E-state index in [9.17, 15) is 14.0 Å². The molecular weight excluding hydrogens is 377 g/mol. The Kier molecular flexibility index (Phi) is 6.92. The number of carbonyl (C=O) groups excluding carboxylic acids is 2. The van der Waals surface area contributed by atoms with Gasteiger partial charge in [0.1, 0.15) is 5.82 Å². The van der Waals surface area contributed by atoms with Crippen molar-refractivity contribution in [1.29, 1.82) is 0 Å². The molecule has 0 unspecified atom stereocenters. The fourth-order valence-electron chi connectivity index (χ4n) is 3.15. The molecule has 0 atom stereocenters. The average molecular weight is 402 g/mol. The van der Waals surface area contributed by atoms with Crippen LogP contribution in [0.5, 0.6) is 0 Å². The average Bonchev–Trinajstić information content (AvgIpc) is 2.74. The smallest absolute Gasteiger partial charge is 0.251 e. The summed E-state index contributed by atoms with van der Waals surface area (Å²) in [5, 5.41) is 2.81. The lowest BCUT2D eigenvalue weighted by atomic mass is 10.2. The first kappa shape index (κ1) is 20.2. The predicted molar refractivity (Wildman–Crippen MR) is 110 cm³/mol. The van der Waals surface area contributed by atoms with E-state index in [0.29, 0.717) is 38.3 Å². The van der Waals surface area contributed by atoms with Crippen LogP contribution >= 0.6 is 11.8 Å². The van der Waals surface area contributed by atoms with Gasteiger partial charge in [0.25, 0.3) is 5.91 Å². The van der Waals surface area contributed by atoms with Gasteiger partial charge in [0.2, 0.25) is 5.91 Å². The molecule has 0 aliphatic carbocycles. The van der Waals surface area contributed by atoms with Crippen LogP contribution in [0.15, 0.2) is 53.4 Å². The Hall–Kier alpha value is -2.54. The molecule has 5 nitrogen and oxygen atoms in total. The molecule has 1 aliphatic heterocycles. The van der Waals surface area contributed by atoms with Crippen LogP contribution in [0.4, 0.5) is 10.1 Å². The van der Waals surface area contributed by atoms with E-state index >= 15 is 0 Å². The van der Waals surface area contributed by atoms with Crippen LogP contribution in [0.25, 0.3) is 0 Å². The molecule has 1 heterocycles. The minimum atomic E-state index is -0.250. The zero-order valence-corrected chi connectivity index (χ0v) is 16.7. The summed E-state index contributed by atoms with van der Waals surface area (Å²) in [6.45, 7) is 3.00. The summed E-state index contributed by atoms with van der Waals surface area (Å²) < 4.78 is 13.0. The second kappa shape index (κ2) is 9.59. The highest BCUT2D eigenvalue weighted by Crippen LogP contribution is 2.17. The number of amides is 2. The number of anilines is 1. The summed E-state index contributed by atoms with van der Waals surface area (Å²) in [7, 11) is 0. The lowest BCUT2D eigenvalue weighted by molar-refractivity contribution is -0.131. The summed E-state index contributed by atoms with van der Waals surface area (Å²) in [5.41, 5.74) is 1.56. The zero-order chi connectivity index (χ0) is 19.9. The van der Waals surface area contributed by atoms with Gasteiger partial charge in [-0.25, -0.2) is 4.39 Å². The van der Waals surface area contributed by atoms with Crippen LogP contribution in [0.2, 0.25) is 0 Å². The molecule has 2 amide bonds. The number of carbonyl (C=O) groups is 2. The molecular formula is C21H24FN3O2S. The van der Waals surface area contributed by atoms with Gasteiger partial charge in [0, 0.05) is 55.3 Å². The maximum atomic E-state index is 13.0. The Bertz CT molecular complexity index is 803. The first-order valence-electron chi connectivity index (χ1n) is 9.27. The molecule has 0 spiro atoms.